The molecule has 1 saturated heterocycles. The van der Waals surface area contributed by atoms with E-state index in [4.69, 9.17) is 0 Å². The minimum absolute atomic E-state index is 0. The Balaban J connectivity index is 0.00000108. The second kappa shape index (κ2) is 4.91. The minimum atomic E-state index is 0. The van der Waals surface area contributed by atoms with E-state index < -0.39 is 0 Å². The number of rotatable bonds is 1. The van der Waals surface area contributed by atoms with Crippen LogP contribution in [0.3, 0.4) is 0 Å². The van der Waals surface area contributed by atoms with E-state index in [9.17, 15) is 0 Å². The number of azo groups is 1. The molecule has 2 N–H and O–H groups in total. The van der Waals surface area contributed by atoms with E-state index >= 15 is 0 Å². The summed E-state index contributed by atoms with van der Waals surface area (Å²) in [6.07, 6.45) is 5.94. The zero-order chi connectivity index (χ0) is 11.0. The molecule has 3 rings (SSSR count). The Bertz CT molecular complexity index is 466. The number of halogens is 1. The van der Waals surface area contributed by atoms with Crippen LogP contribution < -0.4 is 10.6 Å². The first-order valence-electron chi connectivity index (χ1n) is 5.41. The van der Waals surface area contributed by atoms with Gasteiger partial charge in [-0.05, 0) is 19.1 Å². The molecule has 2 heterocycles. The van der Waals surface area contributed by atoms with Gasteiger partial charge in [0.15, 0.2) is 6.29 Å². The first-order chi connectivity index (χ1) is 7.84. The number of fused-ring (bicyclic) bond motifs is 1. The van der Waals surface area contributed by atoms with Gasteiger partial charge in [0.25, 0.3) is 0 Å². The summed E-state index contributed by atoms with van der Waals surface area (Å²) in [4.78, 5) is 4.62. The molecule has 0 saturated carbocycles. The van der Waals surface area contributed by atoms with Crippen molar-refractivity contribution >= 4 is 18.1 Å². The molecule has 90 valence electrons. The topological polar surface area (TPSA) is 61.1 Å². The maximum atomic E-state index is 4.62. The van der Waals surface area contributed by atoms with Gasteiger partial charge in [-0.3, -0.25) is 15.6 Å². The molecule has 17 heavy (non-hydrogen) atoms. The van der Waals surface area contributed by atoms with Gasteiger partial charge in [-0.1, -0.05) is 6.08 Å². The summed E-state index contributed by atoms with van der Waals surface area (Å²) in [6.45, 7) is 3.88. The Kier molecular flexibility index (Phi) is 3.51. The molecular weight excluding hydrogens is 238 g/mol. The smallest absolute Gasteiger partial charge is 0.154 e. The third kappa shape index (κ3) is 2.22. The highest BCUT2D eigenvalue weighted by molar-refractivity contribution is 6.13. The van der Waals surface area contributed by atoms with Crippen LogP contribution in [0.15, 0.2) is 50.4 Å². The molecule has 0 aromatic rings. The van der Waals surface area contributed by atoms with Crippen molar-refractivity contribution in [2.45, 2.75) is 13.2 Å². The quantitative estimate of drug-likeness (QED) is 0.742. The Morgan fingerprint density at radius 3 is 2.82 bits per heavy atom. The van der Waals surface area contributed by atoms with Gasteiger partial charge in [0, 0.05) is 13.1 Å². The fourth-order valence-electron chi connectivity index (χ4n) is 1.99. The summed E-state index contributed by atoms with van der Waals surface area (Å²) in [5, 5.41) is 14.7. The number of aliphatic imine (C=N–C) groups is 1. The largest absolute Gasteiger partial charge is 0.282 e. The third-order valence-corrected chi connectivity index (χ3v) is 2.76. The van der Waals surface area contributed by atoms with E-state index in [1.54, 1.807) is 0 Å². The van der Waals surface area contributed by atoms with E-state index in [0.717, 1.165) is 35.8 Å². The van der Waals surface area contributed by atoms with E-state index in [-0.39, 0.29) is 18.7 Å². The van der Waals surface area contributed by atoms with Gasteiger partial charge in [-0.2, -0.15) is 10.2 Å². The second-order valence-corrected chi connectivity index (χ2v) is 3.90. The van der Waals surface area contributed by atoms with Crippen molar-refractivity contribution in [3.63, 3.8) is 0 Å². The number of nitrogens with zero attached hydrogens (tertiary/aromatic N) is 3. The SMILES string of the molecule is CC1=C2C(=CC=CC2=NC2NCCN2)N=N1.Cl. The maximum Gasteiger partial charge on any atom is 0.154 e. The van der Waals surface area contributed by atoms with Crippen molar-refractivity contribution in [2.24, 2.45) is 15.2 Å². The molecule has 1 aliphatic carbocycles. The molecule has 5 nitrogen and oxygen atoms in total. The first-order valence-corrected chi connectivity index (χ1v) is 5.41. The fraction of sp³-hybridized carbons (Fsp3) is 0.364. The number of allylic oxidation sites excluding steroid dienone is 5. The van der Waals surface area contributed by atoms with E-state index in [0.29, 0.717) is 0 Å². The number of hydrogen-bond acceptors (Lipinski definition) is 5. The molecule has 3 aliphatic rings. The molecule has 0 aromatic heterocycles. The summed E-state index contributed by atoms with van der Waals surface area (Å²) >= 11 is 0. The van der Waals surface area contributed by atoms with Crippen LogP contribution in [0.2, 0.25) is 0 Å². The average Bonchev–Trinajstić information content (AvgIpc) is 2.90. The zero-order valence-electron chi connectivity index (χ0n) is 9.47. The van der Waals surface area contributed by atoms with Gasteiger partial charge < -0.3 is 0 Å². The monoisotopic (exact) mass is 251 g/mol. The standard InChI is InChI=1S/C11H13N5.ClH/c1-7-10-8(14-11-12-5-6-13-11)3-2-4-9(10)16-15-7;/h2-4,11-13H,5-6H2,1H3;1H. The molecule has 0 aromatic carbocycles. The van der Waals surface area contributed by atoms with E-state index in [1.165, 1.54) is 0 Å². The molecule has 0 atom stereocenters. The Morgan fingerprint density at radius 1 is 1.29 bits per heavy atom. The lowest BCUT2D eigenvalue weighted by atomic mass is 10.0. The second-order valence-electron chi connectivity index (χ2n) is 3.90. The molecule has 0 bridgehead atoms. The lowest BCUT2D eigenvalue weighted by molar-refractivity contribution is 0.581. The summed E-state index contributed by atoms with van der Waals surface area (Å²) in [5.74, 6) is 0. The molecule has 0 spiro atoms. The summed E-state index contributed by atoms with van der Waals surface area (Å²) in [6, 6.07) is 0. The van der Waals surface area contributed by atoms with Crippen LogP contribution in [0.1, 0.15) is 6.92 Å². The lowest BCUT2D eigenvalue weighted by Crippen LogP contribution is -2.30. The maximum absolute atomic E-state index is 4.62. The molecule has 2 aliphatic heterocycles. The Hall–Kier alpha value is -1.30. The van der Waals surface area contributed by atoms with Gasteiger partial charge in [0.05, 0.1) is 22.7 Å². The molecule has 6 heteroatoms. The van der Waals surface area contributed by atoms with Crippen molar-refractivity contribution < 1.29 is 0 Å². The highest BCUT2D eigenvalue weighted by Gasteiger charge is 2.22. The molecule has 0 amide bonds. The highest BCUT2D eigenvalue weighted by atomic mass is 35.5. The van der Waals surface area contributed by atoms with Crippen molar-refractivity contribution in [1.29, 1.82) is 0 Å². The van der Waals surface area contributed by atoms with Crippen LogP contribution in [0.5, 0.6) is 0 Å². The van der Waals surface area contributed by atoms with Crippen LogP contribution in [0, 0.1) is 0 Å². The number of hydrogen-bond donors (Lipinski definition) is 2. The summed E-state index contributed by atoms with van der Waals surface area (Å²) < 4.78 is 0. The molecule has 0 unspecified atom stereocenters. The molecular formula is C11H14ClN5. The van der Waals surface area contributed by atoms with Gasteiger partial charge in [0.2, 0.25) is 0 Å². The predicted octanol–water partition coefficient (Wildman–Crippen LogP) is 1.52. The highest BCUT2D eigenvalue weighted by Crippen LogP contribution is 2.29. The van der Waals surface area contributed by atoms with Crippen molar-refractivity contribution in [2.75, 3.05) is 13.1 Å². The van der Waals surface area contributed by atoms with Crippen molar-refractivity contribution in [3.05, 3.63) is 35.2 Å². The summed E-state index contributed by atoms with van der Waals surface area (Å²) in [5.41, 5.74) is 3.86. The number of nitrogens with one attached hydrogen (secondary N) is 2. The lowest BCUT2D eigenvalue weighted by Gasteiger charge is -2.11. The van der Waals surface area contributed by atoms with Gasteiger partial charge in [0.1, 0.15) is 0 Å². The van der Waals surface area contributed by atoms with Gasteiger partial charge in [-0.15, -0.1) is 12.4 Å². The van der Waals surface area contributed by atoms with Crippen LogP contribution in [-0.2, 0) is 0 Å². The fourth-order valence-corrected chi connectivity index (χ4v) is 1.99. The van der Waals surface area contributed by atoms with E-state index in [2.05, 4.69) is 25.9 Å². The van der Waals surface area contributed by atoms with Crippen LogP contribution in [-0.4, -0.2) is 25.1 Å². The first kappa shape index (κ1) is 12.2. The predicted molar refractivity (Wildman–Crippen MR) is 69.3 cm³/mol. The Labute approximate surface area is 106 Å². The van der Waals surface area contributed by atoms with Crippen LogP contribution in [0.25, 0.3) is 0 Å². The molecule has 1 fully saturated rings. The van der Waals surface area contributed by atoms with Gasteiger partial charge >= 0.3 is 0 Å². The average molecular weight is 252 g/mol. The summed E-state index contributed by atoms with van der Waals surface area (Å²) in [7, 11) is 0. The van der Waals surface area contributed by atoms with Crippen molar-refractivity contribution in [3.8, 4) is 0 Å². The zero-order valence-corrected chi connectivity index (χ0v) is 10.3. The Morgan fingerprint density at radius 2 is 2.06 bits per heavy atom. The minimum Gasteiger partial charge on any atom is -0.282 e. The normalized spacial score (nSPS) is 25.2. The van der Waals surface area contributed by atoms with E-state index in [1.807, 2.05) is 25.2 Å². The molecule has 0 radical (unpaired) electrons. The van der Waals surface area contributed by atoms with Crippen LogP contribution in [0.4, 0.5) is 0 Å². The van der Waals surface area contributed by atoms with Crippen LogP contribution >= 0.6 is 12.4 Å². The third-order valence-electron chi connectivity index (χ3n) is 2.76. The van der Waals surface area contributed by atoms with Crippen molar-refractivity contribution in [1.82, 2.24) is 10.6 Å². The van der Waals surface area contributed by atoms with Gasteiger partial charge in [-0.25, -0.2) is 0 Å².